The van der Waals surface area contributed by atoms with Crippen LogP contribution in [0.5, 0.6) is 5.75 Å². The van der Waals surface area contributed by atoms with E-state index in [1.165, 1.54) is 0 Å². The third kappa shape index (κ3) is 4.54. The molecule has 0 aromatic heterocycles. The lowest BCUT2D eigenvalue weighted by molar-refractivity contribution is -0.139. The Morgan fingerprint density at radius 2 is 1.95 bits per heavy atom. The molecule has 2 rings (SSSR count). The average Bonchev–Trinajstić information content (AvgIpc) is 2.85. The Hall–Kier alpha value is -1.53. The lowest BCUT2D eigenvalue weighted by Crippen LogP contribution is -2.31. The van der Waals surface area contributed by atoms with Gasteiger partial charge in [-0.15, -0.1) is 0 Å². The van der Waals surface area contributed by atoms with E-state index in [4.69, 9.17) is 14.5 Å². The van der Waals surface area contributed by atoms with Crippen molar-refractivity contribution in [1.82, 2.24) is 0 Å². The molecule has 0 amide bonds. The number of fused-ring (bicyclic) bond motifs is 1. The Morgan fingerprint density at radius 1 is 1.35 bits per heavy atom. The molecular weight excluding hydrogens is 259 g/mol. The summed E-state index contributed by atoms with van der Waals surface area (Å²) in [7, 11) is -0.941. The van der Waals surface area contributed by atoms with Gasteiger partial charge in [-0.05, 0) is 29.6 Å². The van der Waals surface area contributed by atoms with Gasteiger partial charge in [-0.2, -0.15) is 0 Å². The van der Waals surface area contributed by atoms with Crippen LogP contribution in [0.1, 0.15) is 38.8 Å². The van der Waals surface area contributed by atoms with E-state index in [0.717, 1.165) is 11.1 Å². The molecule has 0 saturated carbocycles. The van der Waals surface area contributed by atoms with E-state index in [1.54, 1.807) is 19.1 Å². The second kappa shape index (κ2) is 9.39. The molecule has 1 aromatic rings. The molecule has 0 radical (unpaired) electrons. The lowest BCUT2D eigenvalue weighted by Gasteiger charge is -2.10. The smallest absolute Gasteiger partial charge is 0.482 e. The Kier molecular flexibility index (Phi) is 8.67. The summed E-state index contributed by atoms with van der Waals surface area (Å²) in [4.78, 5) is 10.4. The molecule has 1 heterocycles. The maximum absolute atomic E-state index is 10.4. The predicted octanol–water partition coefficient (Wildman–Crippen LogP) is 1.73. The minimum Gasteiger partial charge on any atom is -0.482 e. The SMILES string of the molecule is CC.CC.Cc1c(OCC(=O)O)ccc2c1B(O)OC2. The van der Waals surface area contributed by atoms with Crippen LogP contribution in [0.2, 0.25) is 0 Å². The first-order valence-electron chi connectivity index (χ1n) is 6.86. The number of carboxylic acid groups (broad SMARTS) is 1. The van der Waals surface area contributed by atoms with E-state index in [9.17, 15) is 9.82 Å². The maximum Gasteiger partial charge on any atom is 0.492 e. The third-order valence-corrected chi connectivity index (χ3v) is 2.55. The fourth-order valence-corrected chi connectivity index (χ4v) is 1.78. The highest BCUT2D eigenvalue weighted by Crippen LogP contribution is 2.21. The zero-order chi connectivity index (χ0) is 15.7. The van der Waals surface area contributed by atoms with Gasteiger partial charge >= 0.3 is 13.1 Å². The molecular formula is C14H23BO5. The first kappa shape index (κ1) is 18.5. The van der Waals surface area contributed by atoms with Crippen molar-refractivity contribution in [3.8, 4) is 5.75 Å². The van der Waals surface area contributed by atoms with Crippen LogP contribution in [-0.4, -0.2) is 29.8 Å². The van der Waals surface area contributed by atoms with E-state index in [0.29, 0.717) is 17.8 Å². The highest BCUT2D eigenvalue weighted by atomic mass is 16.5. The molecule has 0 spiro atoms. The summed E-state index contributed by atoms with van der Waals surface area (Å²) in [5.41, 5.74) is 2.32. The van der Waals surface area contributed by atoms with E-state index in [1.807, 2.05) is 27.7 Å². The van der Waals surface area contributed by atoms with Crippen LogP contribution in [0.15, 0.2) is 12.1 Å². The van der Waals surface area contributed by atoms with Crippen LogP contribution in [0.25, 0.3) is 0 Å². The number of hydrogen-bond donors (Lipinski definition) is 2. The normalized spacial score (nSPS) is 11.6. The van der Waals surface area contributed by atoms with E-state index in [2.05, 4.69) is 0 Å². The van der Waals surface area contributed by atoms with Gasteiger partial charge in [0.25, 0.3) is 0 Å². The lowest BCUT2D eigenvalue weighted by atomic mass is 9.76. The molecule has 0 fully saturated rings. The topological polar surface area (TPSA) is 76.0 Å². The molecule has 20 heavy (non-hydrogen) atoms. The number of hydrogen-bond acceptors (Lipinski definition) is 4. The van der Waals surface area contributed by atoms with E-state index >= 15 is 0 Å². The molecule has 1 aliphatic rings. The van der Waals surface area contributed by atoms with Crippen molar-refractivity contribution in [1.29, 1.82) is 0 Å². The van der Waals surface area contributed by atoms with Crippen molar-refractivity contribution in [2.24, 2.45) is 0 Å². The van der Waals surface area contributed by atoms with E-state index in [-0.39, 0.29) is 0 Å². The number of rotatable bonds is 3. The number of benzene rings is 1. The number of carboxylic acids is 1. The van der Waals surface area contributed by atoms with Gasteiger partial charge in [0.15, 0.2) is 6.61 Å². The predicted molar refractivity (Wildman–Crippen MR) is 79.4 cm³/mol. The number of aliphatic carboxylic acids is 1. The molecule has 1 aliphatic heterocycles. The molecule has 0 saturated heterocycles. The largest absolute Gasteiger partial charge is 0.492 e. The molecule has 112 valence electrons. The maximum atomic E-state index is 10.4. The van der Waals surface area contributed by atoms with Crippen LogP contribution < -0.4 is 10.2 Å². The Morgan fingerprint density at radius 3 is 2.50 bits per heavy atom. The second-order valence-electron chi connectivity index (χ2n) is 3.61. The molecule has 0 aliphatic carbocycles. The van der Waals surface area contributed by atoms with Gasteiger partial charge in [-0.1, -0.05) is 33.8 Å². The first-order valence-corrected chi connectivity index (χ1v) is 6.86. The molecule has 2 N–H and O–H groups in total. The van der Waals surface area contributed by atoms with E-state index < -0.39 is 19.7 Å². The standard InChI is InChI=1S/C10H11BO5.2C2H6/c1-6-8(15-5-9(12)13)3-2-7-4-16-11(14)10(6)7;2*1-2/h2-3,14H,4-5H2,1H3,(H,12,13);2*1-2H3. The van der Waals surface area contributed by atoms with Gasteiger partial charge in [0, 0.05) is 0 Å². The molecule has 0 unspecified atom stereocenters. The summed E-state index contributed by atoms with van der Waals surface area (Å²) in [6.07, 6.45) is 0. The van der Waals surface area contributed by atoms with Crippen molar-refractivity contribution in [2.75, 3.05) is 6.61 Å². The molecule has 6 heteroatoms. The van der Waals surface area contributed by atoms with Gasteiger partial charge in [0.2, 0.25) is 0 Å². The van der Waals surface area contributed by atoms with Gasteiger partial charge in [-0.3, -0.25) is 0 Å². The first-order chi connectivity index (χ1) is 9.59. The van der Waals surface area contributed by atoms with Crippen LogP contribution in [0.4, 0.5) is 0 Å². The van der Waals surface area contributed by atoms with Gasteiger partial charge in [-0.25, -0.2) is 4.79 Å². The van der Waals surface area contributed by atoms with Crippen LogP contribution >= 0.6 is 0 Å². The second-order valence-corrected chi connectivity index (χ2v) is 3.61. The van der Waals surface area contributed by atoms with Crippen molar-refractivity contribution < 1.29 is 24.3 Å². The van der Waals surface area contributed by atoms with Gasteiger partial charge in [0.1, 0.15) is 5.75 Å². The zero-order valence-corrected chi connectivity index (χ0v) is 12.8. The van der Waals surface area contributed by atoms with Crippen molar-refractivity contribution in [3.05, 3.63) is 23.3 Å². The van der Waals surface area contributed by atoms with Crippen LogP contribution in [0, 0.1) is 6.92 Å². The van der Waals surface area contributed by atoms with Crippen molar-refractivity contribution >= 4 is 18.6 Å². The van der Waals surface area contributed by atoms with Crippen molar-refractivity contribution in [3.63, 3.8) is 0 Å². The highest BCUT2D eigenvalue weighted by molar-refractivity contribution is 6.62. The fraction of sp³-hybridized carbons (Fsp3) is 0.500. The summed E-state index contributed by atoms with van der Waals surface area (Å²) in [6.45, 7) is 9.75. The summed E-state index contributed by atoms with van der Waals surface area (Å²) in [6, 6.07) is 3.47. The monoisotopic (exact) mass is 282 g/mol. The van der Waals surface area contributed by atoms with Gasteiger partial charge < -0.3 is 19.5 Å². The molecule has 1 aromatic carbocycles. The van der Waals surface area contributed by atoms with Gasteiger partial charge in [0.05, 0.1) is 6.61 Å². The zero-order valence-electron chi connectivity index (χ0n) is 12.8. The summed E-state index contributed by atoms with van der Waals surface area (Å²) in [5.74, 6) is -0.567. The molecule has 5 nitrogen and oxygen atoms in total. The average molecular weight is 282 g/mol. The minimum atomic E-state index is -1.03. The van der Waals surface area contributed by atoms with Crippen LogP contribution in [-0.2, 0) is 16.1 Å². The highest BCUT2D eigenvalue weighted by Gasteiger charge is 2.30. The fourth-order valence-electron chi connectivity index (χ4n) is 1.78. The summed E-state index contributed by atoms with van der Waals surface area (Å²) >= 11 is 0. The summed E-state index contributed by atoms with van der Waals surface area (Å²) in [5, 5.41) is 18.1. The third-order valence-electron chi connectivity index (χ3n) is 2.55. The Labute approximate surface area is 120 Å². The quantitative estimate of drug-likeness (QED) is 0.826. The number of carbonyl (C=O) groups is 1. The van der Waals surface area contributed by atoms with Crippen molar-refractivity contribution in [2.45, 2.75) is 41.2 Å². The summed E-state index contributed by atoms with van der Waals surface area (Å²) < 4.78 is 10.2. The van der Waals surface area contributed by atoms with Crippen LogP contribution in [0.3, 0.4) is 0 Å². The molecule has 0 atom stereocenters. The Bertz CT molecular complexity index is 434. The minimum absolute atomic E-state index is 0.372. The molecule has 0 bridgehead atoms. The number of ether oxygens (including phenoxy) is 1. The Balaban J connectivity index is 0.000000829.